The number of benzene rings is 2. The Hall–Kier alpha value is -2.53. The first kappa shape index (κ1) is 21.2. The van der Waals surface area contributed by atoms with Gasteiger partial charge in [0.05, 0.1) is 20.3 Å². The van der Waals surface area contributed by atoms with Crippen molar-refractivity contribution in [2.75, 3.05) is 20.8 Å². The third kappa shape index (κ3) is 4.91. The van der Waals surface area contributed by atoms with Crippen molar-refractivity contribution in [2.24, 2.45) is 17.6 Å². The van der Waals surface area contributed by atoms with E-state index in [9.17, 15) is 4.79 Å². The minimum Gasteiger partial charge on any atom is -0.493 e. The van der Waals surface area contributed by atoms with Crippen molar-refractivity contribution in [3.05, 3.63) is 59.2 Å². The number of aryl methyl sites for hydroxylation is 1. The van der Waals surface area contributed by atoms with E-state index in [1.54, 1.807) is 14.2 Å². The van der Waals surface area contributed by atoms with Crippen LogP contribution in [0.25, 0.3) is 0 Å². The van der Waals surface area contributed by atoms with Crippen LogP contribution < -0.4 is 20.5 Å². The molecule has 2 aromatic carbocycles. The lowest BCUT2D eigenvalue weighted by Crippen LogP contribution is -2.38. The fourth-order valence-electron chi connectivity index (χ4n) is 4.32. The molecule has 3 atom stereocenters. The van der Waals surface area contributed by atoms with Crippen molar-refractivity contribution >= 4 is 5.91 Å². The first-order chi connectivity index (χ1) is 14.1. The zero-order chi connectivity index (χ0) is 20.8. The second-order valence-corrected chi connectivity index (χ2v) is 7.84. The number of ether oxygens (including phenoxy) is 2. The fraction of sp³-hybridized carbons (Fsp3) is 0.458. The monoisotopic (exact) mass is 396 g/mol. The lowest BCUT2D eigenvalue weighted by Gasteiger charge is -2.25. The minimum absolute atomic E-state index is 0.000450. The van der Waals surface area contributed by atoms with Gasteiger partial charge in [0.15, 0.2) is 11.5 Å². The Kier molecular flexibility index (Phi) is 7.15. The summed E-state index contributed by atoms with van der Waals surface area (Å²) in [6.45, 7) is 2.67. The molecule has 3 N–H and O–H groups in total. The van der Waals surface area contributed by atoms with Crippen LogP contribution in [0.2, 0.25) is 0 Å². The Morgan fingerprint density at radius 3 is 2.59 bits per heavy atom. The highest BCUT2D eigenvalue weighted by atomic mass is 16.5. The number of hydrogen-bond donors (Lipinski definition) is 2. The first-order valence-electron chi connectivity index (χ1n) is 10.3. The molecular weight excluding hydrogens is 364 g/mol. The summed E-state index contributed by atoms with van der Waals surface area (Å²) in [6, 6.07) is 14.0. The van der Waals surface area contributed by atoms with E-state index in [1.807, 2.05) is 30.3 Å². The summed E-state index contributed by atoms with van der Waals surface area (Å²) >= 11 is 0. The average molecular weight is 397 g/mol. The topological polar surface area (TPSA) is 73.6 Å². The van der Waals surface area contributed by atoms with E-state index in [0.29, 0.717) is 24.5 Å². The Morgan fingerprint density at radius 1 is 1.14 bits per heavy atom. The van der Waals surface area contributed by atoms with E-state index < -0.39 is 0 Å². The Balaban J connectivity index is 1.89. The normalized spacial score (nSPS) is 19.6. The summed E-state index contributed by atoms with van der Waals surface area (Å²) in [5, 5.41) is 3.31. The number of carbonyl (C=O) groups excluding carboxylic acids is 1. The number of nitrogens with two attached hydrogens (primary N) is 1. The highest BCUT2D eigenvalue weighted by Crippen LogP contribution is 2.34. The SMILES string of the molecule is COc1ccc(C(Cc2ccccc2C)NC(=O)[C@@H]2CCC[C@@H]2CN)cc1OC. The quantitative estimate of drug-likeness (QED) is 0.712. The maximum atomic E-state index is 13.1. The molecule has 0 aliphatic heterocycles. The van der Waals surface area contributed by atoms with Gasteiger partial charge in [-0.05, 0) is 67.5 Å². The molecule has 0 radical (unpaired) electrons. The van der Waals surface area contributed by atoms with E-state index in [2.05, 4.69) is 24.4 Å². The number of methoxy groups -OCH3 is 2. The molecule has 0 saturated heterocycles. The van der Waals surface area contributed by atoms with Crippen molar-refractivity contribution in [3.8, 4) is 11.5 Å². The lowest BCUT2D eigenvalue weighted by atomic mass is 9.92. The van der Waals surface area contributed by atoms with Crippen LogP contribution >= 0.6 is 0 Å². The Labute approximate surface area is 173 Å². The second-order valence-electron chi connectivity index (χ2n) is 7.84. The molecule has 29 heavy (non-hydrogen) atoms. The highest BCUT2D eigenvalue weighted by Gasteiger charge is 2.33. The first-order valence-corrected chi connectivity index (χ1v) is 10.3. The van der Waals surface area contributed by atoms with E-state index in [0.717, 1.165) is 24.8 Å². The van der Waals surface area contributed by atoms with Crippen LogP contribution in [0.4, 0.5) is 0 Å². The van der Waals surface area contributed by atoms with Crippen molar-refractivity contribution in [2.45, 2.75) is 38.6 Å². The minimum atomic E-state index is -0.151. The van der Waals surface area contributed by atoms with Gasteiger partial charge >= 0.3 is 0 Å². The molecule has 0 heterocycles. The zero-order valence-electron chi connectivity index (χ0n) is 17.6. The molecule has 1 aliphatic carbocycles. The summed E-state index contributed by atoms with van der Waals surface area (Å²) in [6.07, 6.45) is 3.73. The summed E-state index contributed by atoms with van der Waals surface area (Å²) in [5.74, 6) is 1.72. The van der Waals surface area contributed by atoms with Gasteiger partial charge in [0.1, 0.15) is 0 Å². The highest BCUT2D eigenvalue weighted by molar-refractivity contribution is 5.80. The molecular formula is C24H32N2O3. The molecule has 1 fully saturated rings. The molecule has 5 nitrogen and oxygen atoms in total. The predicted octanol–water partition coefficient (Wildman–Crippen LogP) is 3.79. The molecule has 0 bridgehead atoms. The maximum absolute atomic E-state index is 13.1. The molecule has 3 rings (SSSR count). The van der Waals surface area contributed by atoms with Crippen LogP contribution in [0.3, 0.4) is 0 Å². The maximum Gasteiger partial charge on any atom is 0.223 e. The van der Waals surface area contributed by atoms with Gasteiger partial charge in [0.25, 0.3) is 0 Å². The predicted molar refractivity (Wildman–Crippen MR) is 115 cm³/mol. The van der Waals surface area contributed by atoms with Gasteiger partial charge in [-0.2, -0.15) is 0 Å². The van der Waals surface area contributed by atoms with Crippen molar-refractivity contribution < 1.29 is 14.3 Å². The molecule has 1 aliphatic rings. The zero-order valence-corrected chi connectivity index (χ0v) is 17.6. The molecule has 0 aromatic heterocycles. The molecule has 0 spiro atoms. The Bertz CT molecular complexity index is 837. The van der Waals surface area contributed by atoms with Crippen LogP contribution in [0, 0.1) is 18.8 Å². The molecule has 1 amide bonds. The van der Waals surface area contributed by atoms with Crippen LogP contribution in [0.1, 0.15) is 42.0 Å². The third-order valence-corrected chi connectivity index (χ3v) is 6.11. The Morgan fingerprint density at radius 2 is 1.90 bits per heavy atom. The van der Waals surface area contributed by atoms with E-state index in [4.69, 9.17) is 15.2 Å². The molecule has 5 heteroatoms. The summed E-state index contributed by atoms with van der Waals surface area (Å²) in [5.41, 5.74) is 9.34. The van der Waals surface area contributed by atoms with Crippen LogP contribution in [0.15, 0.2) is 42.5 Å². The van der Waals surface area contributed by atoms with Crippen molar-refractivity contribution in [1.29, 1.82) is 0 Å². The van der Waals surface area contributed by atoms with E-state index >= 15 is 0 Å². The van der Waals surface area contributed by atoms with Crippen LogP contribution in [-0.4, -0.2) is 26.7 Å². The van der Waals surface area contributed by atoms with Gasteiger partial charge in [-0.25, -0.2) is 0 Å². The third-order valence-electron chi connectivity index (χ3n) is 6.11. The van der Waals surface area contributed by atoms with E-state index in [1.165, 1.54) is 11.1 Å². The largest absolute Gasteiger partial charge is 0.493 e. The van der Waals surface area contributed by atoms with Gasteiger partial charge in [-0.1, -0.05) is 36.8 Å². The van der Waals surface area contributed by atoms with Gasteiger partial charge in [-0.15, -0.1) is 0 Å². The number of carbonyl (C=O) groups is 1. The average Bonchev–Trinajstić information content (AvgIpc) is 3.23. The van der Waals surface area contributed by atoms with Gasteiger partial charge in [0, 0.05) is 5.92 Å². The number of amides is 1. The summed E-state index contributed by atoms with van der Waals surface area (Å²) < 4.78 is 10.9. The lowest BCUT2D eigenvalue weighted by molar-refractivity contribution is -0.126. The smallest absolute Gasteiger partial charge is 0.223 e. The van der Waals surface area contributed by atoms with E-state index in [-0.39, 0.29) is 23.8 Å². The summed E-state index contributed by atoms with van der Waals surface area (Å²) in [4.78, 5) is 13.1. The number of rotatable bonds is 8. The van der Waals surface area contributed by atoms with Gasteiger partial charge in [-0.3, -0.25) is 4.79 Å². The second kappa shape index (κ2) is 9.79. The van der Waals surface area contributed by atoms with Crippen LogP contribution in [-0.2, 0) is 11.2 Å². The number of nitrogens with one attached hydrogen (secondary N) is 1. The van der Waals surface area contributed by atoms with Gasteiger partial charge < -0.3 is 20.5 Å². The molecule has 1 unspecified atom stereocenters. The summed E-state index contributed by atoms with van der Waals surface area (Å²) in [7, 11) is 3.25. The molecule has 1 saturated carbocycles. The standard InChI is InChI=1S/C24H32N2O3/c1-16-7-4-5-8-17(16)13-21(18-11-12-22(28-2)23(14-18)29-3)26-24(27)20-10-6-9-19(20)15-25/h4-5,7-8,11-12,14,19-21H,6,9-10,13,15,25H2,1-3H3,(H,26,27)/t19-,20-,21?/m1/s1. The van der Waals surface area contributed by atoms with Gasteiger partial charge in [0.2, 0.25) is 5.91 Å². The van der Waals surface area contributed by atoms with Crippen LogP contribution in [0.5, 0.6) is 11.5 Å². The van der Waals surface area contributed by atoms with Crippen molar-refractivity contribution in [1.82, 2.24) is 5.32 Å². The number of hydrogen-bond acceptors (Lipinski definition) is 4. The molecule has 2 aromatic rings. The molecule has 156 valence electrons. The fourth-order valence-corrected chi connectivity index (χ4v) is 4.32. The van der Waals surface area contributed by atoms with Crippen molar-refractivity contribution in [3.63, 3.8) is 0 Å².